The van der Waals surface area contributed by atoms with Crippen LogP contribution in [-0.2, 0) is 16.7 Å². The maximum absolute atomic E-state index is 11.0. The summed E-state index contributed by atoms with van der Waals surface area (Å²) < 4.78 is 39.2. The number of nitrogens with zero attached hydrogens (tertiary/aromatic N) is 3. The lowest BCUT2D eigenvalue weighted by Crippen LogP contribution is -2.06. The van der Waals surface area contributed by atoms with Gasteiger partial charge in [0, 0.05) is 21.2 Å². The van der Waals surface area contributed by atoms with Crippen molar-refractivity contribution < 1.29 is 17.7 Å². The van der Waals surface area contributed by atoms with Crippen LogP contribution >= 0.6 is 34.4 Å². The molecule has 3 rings (SSSR count). The lowest BCUT2D eigenvalue weighted by molar-refractivity contribution is 0.413. The van der Waals surface area contributed by atoms with Gasteiger partial charge >= 0.3 is 0 Å². The second-order valence-electron chi connectivity index (χ2n) is 6.00. The normalized spacial score (nSPS) is 11.8. The first kappa shape index (κ1) is 21.1. The Balaban J connectivity index is 1.93. The molecule has 8 nitrogen and oxygen atoms in total. The third-order valence-electron chi connectivity index (χ3n) is 4.03. The quantitative estimate of drug-likeness (QED) is 0.256. The summed E-state index contributed by atoms with van der Waals surface area (Å²) in [7, 11) is -2.34. The smallest absolute Gasteiger partial charge is 0.264 e. The van der Waals surface area contributed by atoms with Gasteiger partial charge in [-0.1, -0.05) is 11.8 Å². The first-order valence-corrected chi connectivity index (χ1v) is 11.9. The number of anilines is 1. The van der Waals surface area contributed by atoms with Gasteiger partial charge in [0.1, 0.15) is 11.3 Å². The molecule has 0 unspecified atom stereocenters. The van der Waals surface area contributed by atoms with Gasteiger partial charge in [0.2, 0.25) is 0 Å². The summed E-state index contributed by atoms with van der Waals surface area (Å²) in [6.45, 7) is 0.540. The highest BCUT2D eigenvalue weighted by Crippen LogP contribution is 2.36. The number of rotatable bonds is 8. The number of hydrogen-bond acceptors (Lipinski definition) is 7. The molecular formula is C17H19IN4O4S2. The van der Waals surface area contributed by atoms with Crippen molar-refractivity contribution in [3.63, 3.8) is 0 Å². The fourth-order valence-electron chi connectivity index (χ4n) is 2.69. The number of unbranched alkanes of at least 4 members (excludes halogenated alkanes) is 1. The average molecular weight is 534 g/mol. The Bertz CT molecular complexity index is 1100. The minimum absolute atomic E-state index is 0.264. The van der Waals surface area contributed by atoms with Crippen LogP contribution in [-0.4, -0.2) is 40.4 Å². The van der Waals surface area contributed by atoms with E-state index in [2.05, 4.69) is 32.6 Å². The number of halogens is 1. The zero-order valence-electron chi connectivity index (χ0n) is 15.0. The van der Waals surface area contributed by atoms with Gasteiger partial charge in [-0.05, 0) is 59.7 Å². The van der Waals surface area contributed by atoms with Crippen molar-refractivity contribution in [3.8, 4) is 5.75 Å². The van der Waals surface area contributed by atoms with Gasteiger partial charge in [0.25, 0.3) is 10.1 Å². The number of aromatic nitrogens is 3. The Labute approximate surface area is 180 Å². The lowest BCUT2D eigenvalue weighted by atomic mass is 10.3. The highest BCUT2D eigenvalue weighted by atomic mass is 127. The van der Waals surface area contributed by atoms with Crippen LogP contribution in [0.5, 0.6) is 5.75 Å². The van der Waals surface area contributed by atoms with Crippen LogP contribution in [0.1, 0.15) is 12.8 Å². The summed E-state index contributed by atoms with van der Waals surface area (Å²) in [6, 6.07) is 7.64. The van der Waals surface area contributed by atoms with Gasteiger partial charge < -0.3 is 15.0 Å². The van der Waals surface area contributed by atoms with E-state index in [4.69, 9.17) is 15.0 Å². The molecule has 0 amide bonds. The Morgan fingerprint density at radius 3 is 2.82 bits per heavy atom. The van der Waals surface area contributed by atoms with Crippen LogP contribution in [0.15, 0.2) is 40.5 Å². The third-order valence-corrected chi connectivity index (χ3v) is 7.20. The van der Waals surface area contributed by atoms with Crippen molar-refractivity contribution in [2.75, 3.05) is 18.6 Å². The summed E-state index contributed by atoms with van der Waals surface area (Å²) in [5, 5.41) is 0.729. The highest BCUT2D eigenvalue weighted by Gasteiger charge is 2.16. The number of hydrogen-bond donors (Lipinski definition) is 2. The maximum atomic E-state index is 11.0. The van der Waals surface area contributed by atoms with Crippen molar-refractivity contribution in [2.24, 2.45) is 0 Å². The number of benzene rings is 1. The van der Waals surface area contributed by atoms with Gasteiger partial charge in [-0.25, -0.2) is 9.97 Å². The highest BCUT2D eigenvalue weighted by molar-refractivity contribution is 14.1. The van der Waals surface area contributed by atoms with E-state index >= 15 is 0 Å². The second-order valence-corrected chi connectivity index (χ2v) is 9.74. The molecule has 2 aromatic heterocycles. The molecule has 3 N–H and O–H groups in total. The third kappa shape index (κ3) is 5.07. The van der Waals surface area contributed by atoms with Gasteiger partial charge in [-0.15, -0.1) is 0 Å². The SMILES string of the molecule is COc1ccc(I)c(Sc2nc3c(N)nccc3n2CCCCS(=O)(=O)O)c1. The topological polar surface area (TPSA) is 120 Å². The molecule has 0 bridgehead atoms. The molecule has 0 atom stereocenters. The number of fused-ring (bicyclic) bond motifs is 1. The van der Waals surface area contributed by atoms with Gasteiger partial charge in [0.05, 0.1) is 18.4 Å². The number of nitrogens with two attached hydrogens (primary N) is 1. The predicted octanol–water partition coefficient (Wildman–Crippen LogP) is 3.45. The number of ether oxygens (including phenoxy) is 1. The molecule has 0 aliphatic heterocycles. The van der Waals surface area contributed by atoms with E-state index in [0.717, 1.165) is 24.9 Å². The van der Waals surface area contributed by atoms with Gasteiger partial charge in [0.15, 0.2) is 11.0 Å². The number of pyridine rings is 1. The van der Waals surface area contributed by atoms with Gasteiger partial charge in [-0.3, -0.25) is 4.55 Å². The van der Waals surface area contributed by atoms with Crippen molar-refractivity contribution in [1.82, 2.24) is 14.5 Å². The number of aryl methyl sites for hydroxylation is 1. The molecule has 0 radical (unpaired) electrons. The molecule has 0 saturated heterocycles. The van der Waals surface area contributed by atoms with Gasteiger partial charge in [-0.2, -0.15) is 8.42 Å². The molecule has 11 heteroatoms. The molecule has 3 aromatic rings. The van der Waals surface area contributed by atoms with E-state index in [1.165, 1.54) is 11.8 Å². The van der Waals surface area contributed by atoms with Crippen LogP contribution in [0.3, 0.4) is 0 Å². The summed E-state index contributed by atoms with van der Waals surface area (Å²) >= 11 is 3.74. The standard InChI is InChI=1S/C17H19IN4O4S2/c1-26-11-4-5-12(18)14(10-11)27-17-21-15-13(6-7-20-16(15)19)22(17)8-2-3-9-28(23,24)25/h4-7,10H,2-3,8-9H2,1H3,(H2,19,20)(H,23,24,25). The zero-order valence-corrected chi connectivity index (χ0v) is 18.8. The van der Waals surface area contributed by atoms with Crippen LogP contribution in [0.4, 0.5) is 5.82 Å². The van der Waals surface area contributed by atoms with E-state index in [-0.39, 0.29) is 5.75 Å². The molecule has 28 heavy (non-hydrogen) atoms. The predicted molar refractivity (Wildman–Crippen MR) is 117 cm³/mol. The maximum Gasteiger partial charge on any atom is 0.264 e. The molecule has 0 aliphatic carbocycles. The summed E-state index contributed by atoms with van der Waals surface area (Å²) in [5.74, 6) is 0.829. The lowest BCUT2D eigenvalue weighted by Gasteiger charge is -2.10. The number of nitrogen functional groups attached to an aromatic ring is 1. The van der Waals surface area contributed by atoms with Crippen LogP contribution < -0.4 is 10.5 Å². The minimum Gasteiger partial charge on any atom is -0.497 e. The van der Waals surface area contributed by atoms with Crippen LogP contribution in [0.2, 0.25) is 0 Å². The zero-order chi connectivity index (χ0) is 20.3. The number of methoxy groups -OCH3 is 1. The van der Waals surface area contributed by atoms with E-state index in [9.17, 15) is 8.42 Å². The molecular weight excluding hydrogens is 515 g/mol. The van der Waals surface area contributed by atoms with E-state index in [1.54, 1.807) is 13.3 Å². The van der Waals surface area contributed by atoms with E-state index in [1.807, 2.05) is 28.8 Å². The molecule has 1 aromatic carbocycles. The van der Waals surface area contributed by atoms with Crippen molar-refractivity contribution in [3.05, 3.63) is 34.0 Å². The second kappa shape index (κ2) is 8.84. The van der Waals surface area contributed by atoms with Crippen molar-refractivity contribution >= 4 is 61.3 Å². The van der Waals surface area contributed by atoms with E-state index < -0.39 is 10.1 Å². The van der Waals surface area contributed by atoms with E-state index in [0.29, 0.717) is 30.7 Å². The molecule has 0 spiro atoms. The minimum atomic E-state index is -3.96. The summed E-state index contributed by atoms with van der Waals surface area (Å²) in [6.07, 6.45) is 2.54. The average Bonchev–Trinajstić information content (AvgIpc) is 2.98. The monoisotopic (exact) mass is 534 g/mol. The summed E-state index contributed by atoms with van der Waals surface area (Å²) in [5.41, 5.74) is 7.43. The van der Waals surface area contributed by atoms with Crippen molar-refractivity contribution in [1.29, 1.82) is 0 Å². The Hall–Kier alpha value is -1.57. The van der Waals surface area contributed by atoms with Crippen LogP contribution in [0, 0.1) is 3.57 Å². The van der Waals surface area contributed by atoms with Crippen molar-refractivity contribution in [2.45, 2.75) is 29.4 Å². The fourth-order valence-corrected chi connectivity index (χ4v) is 4.90. The molecule has 0 fully saturated rings. The Morgan fingerprint density at radius 1 is 1.32 bits per heavy atom. The Kier molecular flexibility index (Phi) is 6.68. The summed E-state index contributed by atoms with van der Waals surface area (Å²) in [4.78, 5) is 9.75. The first-order chi connectivity index (χ1) is 13.3. The Morgan fingerprint density at radius 2 is 2.11 bits per heavy atom. The van der Waals surface area contributed by atoms with Crippen LogP contribution in [0.25, 0.3) is 11.0 Å². The molecule has 0 aliphatic rings. The molecule has 150 valence electrons. The largest absolute Gasteiger partial charge is 0.497 e. The first-order valence-electron chi connectivity index (χ1n) is 8.36. The molecule has 0 saturated carbocycles. The fraction of sp³-hybridized carbons (Fsp3) is 0.294. The number of imidazole rings is 1. The molecule has 2 heterocycles.